The Balaban J connectivity index is 2.46. The molecular weight excluding hydrogens is 307 g/mol. The number of aromatic carboxylic acids is 1. The maximum atomic E-state index is 10.6. The summed E-state index contributed by atoms with van der Waals surface area (Å²) in [7, 11) is 0. The number of carboxylic acid groups (broad SMARTS) is 1. The summed E-state index contributed by atoms with van der Waals surface area (Å²) < 4.78 is 6.24. The molecule has 0 fully saturated rings. The van der Waals surface area contributed by atoms with Crippen molar-refractivity contribution in [2.24, 2.45) is 0 Å². The van der Waals surface area contributed by atoms with Crippen LogP contribution >= 0.6 is 22.6 Å². The number of carbonyl (C=O) groups is 1. The summed E-state index contributed by atoms with van der Waals surface area (Å²) >= 11 is 2.18. The summed E-state index contributed by atoms with van der Waals surface area (Å²) in [5.74, 6) is -0.505. The Kier molecular flexibility index (Phi) is 2.77. The van der Waals surface area contributed by atoms with Gasteiger partial charge in [0.25, 0.3) is 0 Å². The molecule has 0 spiro atoms. The summed E-state index contributed by atoms with van der Waals surface area (Å²) in [6.07, 6.45) is 0. The van der Waals surface area contributed by atoms with E-state index in [0.717, 1.165) is 9.13 Å². The summed E-state index contributed by atoms with van der Waals surface area (Å²) in [5, 5.41) is 8.72. The lowest BCUT2D eigenvalue weighted by molar-refractivity contribution is 0.0663. The molecule has 0 aliphatic rings. The first-order valence-electron chi connectivity index (χ1n) is 4.26. The maximum absolute atomic E-state index is 10.6. The van der Waals surface area contributed by atoms with E-state index in [0.29, 0.717) is 5.76 Å². The van der Waals surface area contributed by atoms with E-state index in [-0.39, 0.29) is 5.76 Å². The molecule has 2 aromatic rings. The average Bonchev–Trinajstić information content (AvgIpc) is 2.67. The number of hydrogen-bond acceptors (Lipinski definition) is 2. The first-order chi connectivity index (χ1) is 7.18. The molecule has 4 heteroatoms. The summed E-state index contributed by atoms with van der Waals surface area (Å²) in [6, 6.07) is 10.8. The van der Waals surface area contributed by atoms with Crippen LogP contribution in [0, 0.1) is 3.57 Å². The van der Waals surface area contributed by atoms with Gasteiger partial charge in [0.2, 0.25) is 5.76 Å². The molecule has 0 aliphatic carbocycles. The zero-order valence-corrected chi connectivity index (χ0v) is 9.76. The minimum absolute atomic E-state index is 0.0374. The lowest BCUT2D eigenvalue weighted by Gasteiger charge is -1.99. The van der Waals surface area contributed by atoms with Crippen molar-refractivity contribution in [1.82, 2.24) is 0 Å². The second-order valence-corrected chi connectivity index (χ2v) is 4.11. The Morgan fingerprint density at radius 3 is 2.53 bits per heavy atom. The van der Waals surface area contributed by atoms with Crippen LogP contribution in [-0.2, 0) is 0 Å². The molecule has 3 nitrogen and oxygen atoms in total. The van der Waals surface area contributed by atoms with Crippen LogP contribution < -0.4 is 0 Å². The lowest BCUT2D eigenvalue weighted by Crippen LogP contribution is -1.91. The summed E-state index contributed by atoms with van der Waals surface area (Å²) in [4.78, 5) is 10.6. The topological polar surface area (TPSA) is 50.4 Å². The monoisotopic (exact) mass is 314 g/mol. The van der Waals surface area contributed by atoms with Crippen LogP contribution in [0.2, 0.25) is 0 Å². The van der Waals surface area contributed by atoms with Gasteiger partial charge in [0.1, 0.15) is 5.76 Å². The fourth-order valence-electron chi connectivity index (χ4n) is 1.26. The number of carboxylic acids is 1. The van der Waals surface area contributed by atoms with Crippen molar-refractivity contribution in [1.29, 1.82) is 0 Å². The van der Waals surface area contributed by atoms with E-state index in [9.17, 15) is 4.79 Å². The van der Waals surface area contributed by atoms with E-state index < -0.39 is 5.97 Å². The predicted molar refractivity (Wildman–Crippen MR) is 63.8 cm³/mol. The zero-order valence-electron chi connectivity index (χ0n) is 7.61. The quantitative estimate of drug-likeness (QED) is 0.866. The van der Waals surface area contributed by atoms with Gasteiger partial charge in [-0.3, -0.25) is 0 Å². The number of benzene rings is 1. The van der Waals surface area contributed by atoms with Crippen LogP contribution in [0.3, 0.4) is 0 Å². The van der Waals surface area contributed by atoms with Gasteiger partial charge in [-0.2, -0.15) is 0 Å². The van der Waals surface area contributed by atoms with Gasteiger partial charge in [0.05, 0.1) is 0 Å². The standard InChI is InChI=1S/C11H7IO3/c12-8-4-2-1-3-7(8)9-5-6-10(15-9)11(13)14/h1-6H,(H,13,14). The van der Waals surface area contributed by atoms with Gasteiger partial charge in [-0.1, -0.05) is 18.2 Å². The summed E-state index contributed by atoms with van der Waals surface area (Å²) in [5.41, 5.74) is 0.908. The van der Waals surface area contributed by atoms with Crippen LogP contribution in [0.15, 0.2) is 40.8 Å². The van der Waals surface area contributed by atoms with E-state index in [4.69, 9.17) is 9.52 Å². The van der Waals surface area contributed by atoms with Gasteiger partial charge in [-0.15, -0.1) is 0 Å². The summed E-state index contributed by atoms with van der Waals surface area (Å²) in [6.45, 7) is 0. The third kappa shape index (κ3) is 2.04. The third-order valence-electron chi connectivity index (χ3n) is 1.96. The van der Waals surface area contributed by atoms with Crippen molar-refractivity contribution in [3.63, 3.8) is 0 Å². The molecule has 1 heterocycles. The molecule has 0 radical (unpaired) electrons. The van der Waals surface area contributed by atoms with Crippen molar-refractivity contribution < 1.29 is 14.3 Å². The highest BCUT2D eigenvalue weighted by atomic mass is 127. The van der Waals surface area contributed by atoms with Crippen LogP contribution in [0.4, 0.5) is 0 Å². The number of rotatable bonds is 2. The van der Waals surface area contributed by atoms with Crippen LogP contribution in [0.5, 0.6) is 0 Å². The van der Waals surface area contributed by atoms with Crippen molar-refractivity contribution in [2.45, 2.75) is 0 Å². The van der Waals surface area contributed by atoms with Crippen LogP contribution in [-0.4, -0.2) is 11.1 Å². The normalized spacial score (nSPS) is 10.2. The molecule has 0 atom stereocenters. The van der Waals surface area contributed by atoms with Crippen molar-refractivity contribution in [3.05, 3.63) is 45.7 Å². The molecule has 15 heavy (non-hydrogen) atoms. The fraction of sp³-hybridized carbons (Fsp3) is 0. The van der Waals surface area contributed by atoms with Gasteiger partial charge in [-0.25, -0.2) is 4.79 Å². The van der Waals surface area contributed by atoms with Crippen LogP contribution in [0.25, 0.3) is 11.3 Å². The van der Waals surface area contributed by atoms with E-state index in [1.807, 2.05) is 24.3 Å². The molecule has 2 rings (SSSR count). The molecule has 76 valence electrons. The molecule has 0 aliphatic heterocycles. The van der Waals surface area contributed by atoms with E-state index in [1.54, 1.807) is 6.07 Å². The molecule has 0 amide bonds. The highest BCUT2D eigenvalue weighted by Crippen LogP contribution is 2.26. The Labute approximate surface area is 99.9 Å². The molecule has 1 aromatic carbocycles. The Morgan fingerprint density at radius 1 is 1.20 bits per heavy atom. The smallest absolute Gasteiger partial charge is 0.371 e. The maximum Gasteiger partial charge on any atom is 0.371 e. The predicted octanol–water partition coefficient (Wildman–Crippen LogP) is 3.25. The SMILES string of the molecule is O=C(O)c1ccc(-c2ccccc2I)o1. The minimum Gasteiger partial charge on any atom is -0.475 e. The van der Waals surface area contributed by atoms with Crippen molar-refractivity contribution >= 4 is 28.6 Å². The second-order valence-electron chi connectivity index (χ2n) is 2.95. The average molecular weight is 314 g/mol. The molecule has 1 N–H and O–H groups in total. The number of hydrogen-bond donors (Lipinski definition) is 1. The Hall–Kier alpha value is -1.30. The van der Waals surface area contributed by atoms with E-state index in [1.165, 1.54) is 6.07 Å². The highest BCUT2D eigenvalue weighted by molar-refractivity contribution is 14.1. The molecule has 0 bridgehead atoms. The molecule has 1 aromatic heterocycles. The lowest BCUT2D eigenvalue weighted by atomic mass is 10.2. The van der Waals surface area contributed by atoms with E-state index >= 15 is 0 Å². The largest absolute Gasteiger partial charge is 0.475 e. The Morgan fingerprint density at radius 2 is 1.93 bits per heavy atom. The van der Waals surface area contributed by atoms with Gasteiger partial charge in [-0.05, 0) is 40.8 Å². The first kappa shape index (κ1) is 10.2. The van der Waals surface area contributed by atoms with Crippen molar-refractivity contribution in [2.75, 3.05) is 0 Å². The van der Waals surface area contributed by atoms with Gasteiger partial charge < -0.3 is 9.52 Å². The highest BCUT2D eigenvalue weighted by Gasteiger charge is 2.11. The molecular formula is C11H7IO3. The van der Waals surface area contributed by atoms with Crippen molar-refractivity contribution in [3.8, 4) is 11.3 Å². The first-order valence-corrected chi connectivity index (χ1v) is 5.34. The molecule has 0 saturated heterocycles. The third-order valence-corrected chi connectivity index (χ3v) is 2.90. The minimum atomic E-state index is -1.05. The van der Waals surface area contributed by atoms with Gasteiger partial charge >= 0.3 is 5.97 Å². The molecule has 0 saturated carbocycles. The van der Waals surface area contributed by atoms with Gasteiger partial charge in [0.15, 0.2) is 0 Å². The number of furan rings is 1. The second kappa shape index (κ2) is 4.06. The number of halogens is 1. The zero-order chi connectivity index (χ0) is 10.8. The van der Waals surface area contributed by atoms with Gasteiger partial charge in [0, 0.05) is 9.13 Å². The van der Waals surface area contributed by atoms with Crippen LogP contribution in [0.1, 0.15) is 10.6 Å². The van der Waals surface area contributed by atoms with E-state index in [2.05, 4.69) is 22.6 Å². The fourth-order valence-corrected chi connectivity index (χ4v) is 1.91. The molecule has 0 unspecified atom stereocenters. The Bertz CT molecular complexity index is 502.